The molecule has 1 aromatic carbocycles. The van der Waals surface area contributed by atoms with Gasteiger partial charge in [-0.05, 0) is 31.7 Å². The minimum atomic E-state index is -0.383. The van der Waals surface area contributed by atoms with Gasteiger partial charge in [0.05, 0.1) is 6.04 Å². The number of nitrogens with one attached hydrogen (secondary N) is 2. The molecule has 1 rings (SSSR count). The quantitative estimate of drug-likeness (QED) is 0.878. The minimum Gasteiger partial charge on any atom is -0.349 e. The fourth-order valence-corrected chi connectivity index (χ4v) is 2.02. The van der Waals surface area contributed by atoms with Crippen molar-refractivity contribution >= 4 is 29.9 Å². The molecule has 2 atom stereocenters. The van der Waals surface area contributed by atoms with E-state index in [1.165, 1.54) is 12.1 Å². The number of rotatable bonds is 5. The van der Waals surface area contributed by atoms with Crippen LogP contribution in [0, 0.1) is 11.7 Å². The van der Waals surface area contributed by atoms with E-state index in [1.54, 1.807) is 13.1 Å². The van der Waals surface area contributed by atoms with Crippen molar-refractivity contribution in [2.75, 3.05) is 13.6 Å². The van der Waals surface area contributed by atoms with E-state index in [4.69, 9.17) is 11.6 Å². The largest absolute Gasteiger partial charge is 0.349 e. The lowest BCUT2D eigenvalue weighted by Gasteiger charge is -2.18. The van der Waals surface area contributed by atoms with Crippen molar-refractivity contribution in [1.29, 1.82) is 0 Å². The molecule has 0 aromatic heterocycles. The van der Waals surface area contributed by atoms with Crippen LogP contribution in [0.2, 0.25) is 5.02 Å². The Bertz CT molecular complexity index is 429. The zero-order valence-electron chi connectivity index (χ0n) is 11.2. The molecule has 6 heteroatoms. The van der Waals surface area contributed by atoms with Crippen LogP contribution < -0.4 is 10.6 Å². The van der Waals surface area contributed by atoms with E-state index >= 15 is 0 Å². The van der Waals surface area contributed by atoms with E-state index < -0.39 is 0 Å². The summed E-state index contributed by atoms with van der Waals surface area (Å²) in [5.41, 5.74) is 0.711. The molecule has 0 saturated carbocycles. The van der Waals surface area contributed by atoms with Crippen molar-refractivity contribution in [3.63, 3.8) is 0 Å². The highest BCUT2D eigenvalue weighted by Gasteiger charge is 2.17. The normalized spacial score (nSPS) is 13.3. The van der Waals surface area contributed by atoms with E-state index in [0.29, 0.717) is 17.1 Å². The summed E-state index contributed by atoms with van der Waals surface area (Å²) in [6, 6.07) is 3.92. The van der Waals surface area contributed by atoms with Crippen molar-refractivity contribution in [3.8, 4) is 0 Å². The predicted octanol–water partition coefficient (Wildman–Crippen LogP) is 2.93. The van der Waals surface area contributed by atoms with Gasteiger partial charge in [-0.25, -0.2) is 4.39 Å². The van der Waals surface area contributed by atoms with E-state index in [2.05, 4.69) is 10.6 Å². The monoisotopic (exact) mass is 308 g/mol. The Morgan fingerprint density at radius 1 is 1.42 bits per heavy atom. The highest BCUT2D eigenvalue weighted by atomic mass is 35.5. The summed E-state index contributed by atoms with van der Waals surface area (Å²) in [7, 11) is 1.80. The van der Waals surface area contributed by atoms with Gasteiger partial charge in [-0.3, -0.25) is 4.79 Å². The molecule has 1 amide bonds. The van der Waals surface area contributed by atoms with Crippen LogP contribution in [-0.4, -0.2) is 19.5 Å². The van der Waals surface area contributed by atoms with Crippen LogP contribution in [0.15, 0.2) is 18.2 Å². The van der Waals surface area contributed by atoms with Gasteiger partial charge < -0.3 is 10.6 Å². The molecule has 2 unspecified atom stereocenters. The predicted molar refractivity (Wildman–Crippen MR) is 78.3 cm³/mol. The van der Waals surface area contributed by atoms with Crippen LogP contribution in [-0.2, 0) is 4.79 Å². The molecular formula is C13H19Cl2FN2O. The van der Waals surface area contributed by atoms with Crippen molar-refractivity contribution < 1.29 is 9.18 Å². The van der Waals surface area contributed by atoms with Crippen LogP contribution >= 0.6 is 24.0 Å². The summed E-state index contributed by atoms with van der Waals surface area (Å²) in [4.78, 5) is 11.8. The molecule has 0 saturated heterocycles. The number of amides is 1. The van der Waals surface area contributed by atoms with Gasteiger partial charge in [-0.2, -0.15) is 0 Å². The molecule has 2 N–H and O–H groups in total. The molecular weight excluding hydrogens is 290 g/mol. The zero-order valence-corrected chi connectivity index (χ0v) is 12.7. The van der Waals surface area contributed by atoms with E-state index in [9.17, 15) is 9.18 Å². The van der Waals surface area contributed by atoms with Gasteiger partial charge in [0.1, 0.15) is 5.82 Å². The summed E-state index contributed by atoms with van der Waals surface area (Å²) in [5.74, 6) is -0.570. The van der Waals surface area contributed by atoms with Gasteiger partial charge in [0.25, 0.3) is 0 Å². The summed E-state index contributed by atoms with van der Waals surface area (Å²) in [6.07, 6.45) is 0. The second-order valence-corrected chi connectivity index (χ2v) is 4.76. The number of hydrogen-bond acceptors (Lipinski definition) is 2. The second-order valence-electron chi connectivity index (χ2n) is 4.35. The van der Waals surface area contributed by atoms with Crippen LogP contribution in [0.25, 0.3) is 0 Å². The molecule has 0 aliphatic carbocycles. The summed E-state index contributed by atoms with van der Waals surface area (Å²) < 4.78 is 12.9. The first-order chi connectivity index (χ1) is 8.45. The number of halogens is 3. The van der Waals surface area contributed by atoms with Gasteiger partial charge in [-0.1, -0.05) is 24.6 Å². The lowest BCUT2D eigenvalue weighted by Crippen LogP contribution is -2.35. The molecule has 0 aliphatic heterocycles. The summed E-state index contributed by atoms with van der Waals surface area (Å²) in [6.45, 7) is 4.27. The van der Waals surface area contributed by atoms with E-state index in [-0.39, 0.29) is 36.1 Å². The van der Waals surface area contributed by atoms with Gasteiger partial charge in [0.2, 0.25) is 5.91 Å². The Kier molecular flexibility index (Phi) is 7.99. The Labute approximate surface area is 124 Å². The third-order valence-electron chi connectivity index (χ3n) is 2.75. The van der Waals surface area contributed by atoms with E-state index in [1.807, 2.05) is 13.8 Å². The molecule has 108 valence electrons. The summed E-state index contributed by atoms with van der Waals surface area (Å²) >= 11 is 5.94. The maximum atomic E-state index is 12.9. The fraction of sp³-hybridized carbons (Fsp3) is 0.462. The van der Waals surface area contributed by atoms with Gasteiger partial charge in [0, 0.05) is 17.5 Å². The standard InChI is InChI=1S/C13H18ClFN2O.ClH/c1-8(7-16-3)13(18)17-9(2)11-5-4-10(15)6-12(11)14;/h4-6,8-9,16H,7H2,1-3H3,(H,17,18);1H. The maximum absolute atomic E-state index is 12.9. The topological polar surface area (TPSA) is 41.1 Å². The summed E-state index contributed by atoms with van der Waals surface area (Å²) in [5, 5.41) is 6.12. The minimum absolute atomic E-state index is 0. The van der Waals surface area contributed by atoms with Gasteiger partial charge in [-0.15, -0.1) is 12.4 Å². The third kappa shape index (κ3) is 5.35. The number of carbonyl (C=O) groups is 1. The SMILES string of the molecule is CNCC(C)C(=O)NC(C)c1ccc(F)cc1Cl.Cl. The number of hydrogen-bond donors (Lipinski definition) is 2. The molecule has 19 heavy (non-hydrogen) atoms. The van der Waals surface area contributed by atoms with Crippen molar-refractivity contribution in [1.82, 2.24) is 10.6 Å². The molecule has 0 aliphatic rings. The molecule has 0 radical (unpaired) electrons. The smallest absolute Gasteiger partial charge is 0.224 e. The van der Waals surface area contributed by atoms with Crippen LogP contribution in [0.3, 0.4) is 0 Å². The molecule has 0 bridgehead atoms. The lowest BCUT2D eigenvalue weighted by molar-refractivity contribution is -0.125. The first kappa shape index (κ1) is 18.2. The number of benzene rings is 1. The Morgan fingerprint density at radius 2 is 2.05 bits per heavy atom. The van der Waals surface area contributed by atoms with Gasteiger partial charge in [0.15, 0.2) is 0 Å². The Hall–Kier alpha value is -0.840. The Balaban J connectivity index is 0.00000324. The van der Waals surface area contributed by atoms with Crippen molar-refractivity contribution in [2.24, 2.45) is 5.92 Å². The molecule has 0 heterocycles. The van der Waals surface area contributed by atoms with Crippen molar-refractivity contribution in [2.45, 2.75) is 19.9 Å². The first-order valence-electron chi connectivity index (χ1n) is 5.85. The van der Waals surface area contributed by atoms with Crippen molar-refractivity contribution in [3.05, 3.63) is 34.6 Å². The highest BCUT2D eigenvalue weighted by molar-refractivity contribution is 6.31. The van der Waals surface area contributed by atoms with Crippen LogP contribution in [0.5, 0.6) is 0 Å². The van der Waals surface area contributed by atoms with Crippen LogP contribution in [0.1, 0.15) is 25.5 Å². The van der Waals surface area contributed by atoms with Crippen LogP contribution in [0.4, 0.5) is 4.39 Å². The lowest BCUT2D eigenvalue weighted by atomic mass is 10.1. The first-order valence-corrected chi connectivity index (χ1v) is 6.23. The average Bonchev–Trinajstić information content (AvgIpc) is 2.28. The van der Waals surface area contributed by atoms with Gasteiger partial charge >= 0.3 is 0 Å². The second kappa shape index (κ2) is 8.35. The third-order valence-corrected chi connectivity index (χ3v) is 3.07. The maximum Gasteiger partial charge on any atom is 0.224 e. The Morgan fingerprint density at radius 3 is 2.58 bits per heavy atom. The zero-order chi connectivity index (χ0) is 13.7. The highest BCUT2D eigenvalue weighted by Crippen LogP contribution is 2.23. The fourth-order valence-electron chi connectivity index (χ4n) is 1.68. The van der Waals surface area contributed by atoms with E-state index in [0.717, 1.165) is 0 Å². The molecule has 0 fully saturated rings. The number of carbonyl (C=O) groups excluding carboxylic acids is 1. The average molecular weight is 309 g/mol. The molecule has 0 spiro atoms. The molecule has 1 aromatic rings. The molecule has 3 nitrogen and oxygen atoms in total.